The molecule has 1 atom stereocenters. The first-order chi connectivity index (χ1) is 8.79. The number of morpholine rings is 1. The third-order valence-electron chi connectivity index (χ3n) is 2.58. The molecule has 1 unspecified atom stereocenters. The van der Waals surface area contributed by atoms with Gasteiger partial charge in [-0.05, 0) is 6.07 Å². The van der Waals surface area contributed by atoms with Gasteiger partial charge in [-0.1, -0.05) is 0 Å². The SMILES string of the molecule is COC(=O)c1ccnc(OCC2CNCCO2)c1. The number of methoxy groups -OCH3 is 1. The smallest absolute Gasteiger partial charge is 0.338 e. The molecular weight excluding hydrogens is 236 g/mol. The molecule has 0 aromatic carbocycles. The van der Waals surface area contributed by atoms with Crippen molar-refractivity contribution >= 4 is 5.97 Å². The molecule has 0 aliphatic carbocycles. The fourth-order valence-electron chi connectivity index (χ4n) is 1.64. The molecule has 0 bridgehead atoms. The van der Waals surface area contributed by atoms with Crippen LogP contribution in [0.1, 0.15) is 10.4 Å². The average Bonchev–Trinajstić information content (AvgIpc) is 2.45. The Bertz CT molecular complexity index is 405. The molecule has 1 fully saturated rings. The van der Waals surface area contributed by atoms with Crippen LogP contribution in [0.5, 0.6) is 5.88 Å². The van der Waals surface area contributed by atoms with Crippen LogP contribution in [0.25, 0.3) is 0 Å². The highest BCUT2D eigenvalue weighted by Gasteiger charge is 2.14. The normalized spacial score (nSPS) is 19.3. The number of nitrogens with one attached hydrogen (secondary N) is 1. The Hall–Kier alpha value is -1.66. The van der Waals surface area contributed by atoms with E-state index in [0.717, 1.165) is 13.1 Å². The van der Waals surface area contributed by atoms with Gasteiger partial charge in [0.2, 0.25) is 5.88 Å². The van der Waals surface area contributed by atoms with Crippen LogP contribution in [-0.4, -0.2) is 50.5 Å². The summed E-state index contributed by atoms with van der Waals surface area (Å²) in [6.07, 6.45) is 1.53. The second-order valence-electron chi connectivity index (χ2n) is 3.88. The van der Waals surface area contributed by atoms with Crippen molar-refractivity contribution in [3.8, 4) is 5.88 Å². The van der Waals surface area contributed by atoms with Crippen LogP contribution in [0.15, 0.2) is 18.3 Å². The van der Waals surface area contributed by atoms with Crippen molar-refractivity contribution in [2.24, 2.45) is 0 Å². The predicted molar refractivity (Wildman–Crippen MR) is 63.7 cm³/mol. The molecule has 0 spiro atoms. The highest BCUT2D eigenvalue weighted by atomic mass is 16.5. The Morgan fingerprint density at radius 1 is 1.67 bits per heavy atom. The van der Waals surface area contributed by atoms with Crippen LogP contribution in [0, 0.1) is 0 Å². The molecule has 1 aliphatic heterocycles. The first kappa shape index (κ1) is 12.8. The van der Waals surface area contributed by atoms with E-state index in [9.17, 15) is 4.79 Å². The average molecular weight is 252 g/mol. The fraction of sp³-hybridized carbons (Fsp3) is 0.500. The Morgan fingerprint density at radius 2 is 2.56 bits per heavy atom. The molecule has 1 N–H and O–H groups in total. The molecule has 1 aromatic heterocycles. The van der Waals surface area contributed by atoms with E-state index in [1.165, 1.54) is 13.3 Å². The molecule has 2 rings (SSSR count). The van der Waals surface area contributed by atoms with Gasteiger partial charge in [0.1, 0.15) is 12.7 Å². The lowest BCUT2D eigenvalue weighted by molar-refractivity contribution is -0.000764. The van der Waals surface area contributed by atoms with E-state index in [1.807, 2.05) is 0 Å². The van der Waals surface area contributed by atoms with Gasteiger partial charge in [-0.25, -0.2) is 9.78 Å². The summed E-state index contributed by atoms with van der Waals surface area (Å²) in [7, 11) is 1.34. The molecule has 1 aromatic rings. The van der Waals surface area contributed by atoms with Gasteiger partial charge in [0.05, 0.1) is 19.3 Å². The molecule has 0 radical (unpaired) electrons. The summed E-state index contributed by atoms with van der Waals surface area (Å²) in [5.41, 5.74) is 0.421. The summed E-state index contributed by atoms with van der Waals surface area (Å²) in [6.45, 7) is 2.72. The van der Waals surface area contributed by atoms with Gasteiger partial charge in [0.25, 0.3) is 0 Å². The Morgan fingerprint density at radius 3 is 3.28 bits per heavy atom. The molecule has 98 valence electrons. The highest BCUT2D eigenvalue weighted by molar-refractivity contribution is 5.89. The molecule has 1 aliphatic rings. The minimum atomic E-state index is -0.405. The highest BCUT2D eigenvalue weighted by Crippen LogP contribution is 2.11. The van der Waals surface area contributed by atoms with Gasteiger partial charge < -0.3 is 19.5 Å². The number of esters is 1. The van der Waals surface area contributed by atoms with E-state index in [0.29, 0.717) is 24.7 Å². The summed E-state index contributed by atoms with van der Waals surface area (Å²) in [6, 6.07) is 3.14. The number of pyridine rings is 1. The van der Waals surface area contributed by atoms with Crippen molar-refractivity contribution in [2.45, 2.75) is 6.10 Å². The fourth-order valence-corrected chi connectivity index (χ4v) is 1.64. The lowest BCUT2D eigenvalue weighted by atomic mass is 10.3. The van der Waals surface area contributed by atoms with E-state index in [-0.39, 0.29) is 6.10 Å². The van der Waals surface area contributed by atoms with Gasteiger partial charge >= 0.3 is 5.97 Å². The molecule has 0 saturated carbocycles. The van der Waals surface area contributed by atoms with Crippen LogP contribution in [0.4, 0.5) is 0 Å². The maximum Gasteiger partial charge on any atom is 0.338 e. The molecule has 1 saturated heterocycles. The summed E-state index contributed by atoms with van der Waals surface area (Å²) < 4.78 is 15.6. The summed E-state index contributed by atoms with van der Waals surface area (Å²) >= 11 is 0. The van der Waals surface area contributed by atoms with Gasteiger partial charge in [0.15, 0.2) is 0 Å². The topological polar surface area (TPSA) is 69.7 Å². The zero-order valence-electron chi connectivity index (χ0n) is 10.2. The summed E-state index contributed by atoms with van der Waals surface area (Å²) in [5, 5.41) is 3.21. The third kappa shape index (κ3) is 3.41. The van der Waals surface area contributed by atoms with Crippen molar-refractivity contribution in [1.29, 1.82) is 0 Å². The quantitative estimate of drug-likeness (QED) is 0.774. The second-order valence-corrected chi connectivity index (χ2v) is 3.88. The maximum absolute atomic E-state index is 11.3. The molecule has 2 heterocycles. The minimum absolute atomic E-state index is 0.0160. The van der Waals surface area contributed by atoms with Crippen LogP contribution in [0.3, 0.4) is 0 Å². The van der Waals surface area contributed by atoms with Gasteiger partial charge in [-0.15, -0.1) is 0 Å². The Labute approximate surface area is 105 Å². The number of carbonyl (C=O) groups is 1. The van der Waals surface area contributed by atoms with Crippen LogP contribution in [-0.2, 0) is 9.47 Å². The van der Waals surface area contributed by atoms with Gasteiger partial charge in [-0.2, -0.15) is 0 Å². The van der Waals surface area contributed by atoms with Crippen molar-refractivity contribution in [3.05, 3.63) is 23.9 Å². The molecular formula is C12H16N2O4. The van der Waals surface area contributed by atoms with Gasteiger partial charge in [-0.3, -0.25) is 0 Å². The Kier molecular flexibility index (Phi) is 4.49. The standard InChI is InChI=1S/C12H16N2O4/c1-16-12(15)9-2-3-14-11(6-9)18-8-10-7-13-4-5-17-10/h2-3,6,10,13H,4-5,7-8H2,1H3. The van der Waals surface area contributed by atoms with E-state index in [1.54, 1.807) is 12.1 Å². The maximum atomic E-state index is 11.3. The molecule has 18 heavy (non-hydrogen) atoms. The predicted octanol–water partition coefficient (Wildman–Crippen LogP) is 0.235. The largest absolute Gasteiger partial charge is 0.475 e. The number of hydrogen-bond acceptors (Lipinski definition) is 6. The van der Waals surface area contributed by atoms with E-state index >= 15 is 0 Å². The van der Waals surface area contributed by atoms with Crippen LogP contribution in [0.2, 0.25) is 0 Å². The van der Waals surface area contributed by atoms with Crippen LogP contribution >= 0.6 is 0 Å². The third-order valence-corrected chi connectivity index (χ3v) is 2.58. The molecule has 0 amide bonds. The number of ether oxygens (including phenoxy) is 3. The van der Waals surface area contributed by atoms with Crippen molar-refractivity contribution in [2.75, 3.05) is 33.4 Å². The molecule has 6 heteroatoms. The lowest BCUT2D eigenvalue weighted by Gasteiger charge is -2.23. The Balaban J connectivity index is 1.90. The number of nitrogens with zero attached hydrogens (tertiary/aromatic N) is 1. The monoisotopic (exact) mass is 252 g/mol. The first-order valence-corrected chi connectivity index (χ1v) is 5.79. The zero-order chi connectivity index (χ0) is 12.8. The summed E-state index contributed by atoms with van der Waals surface area (Å²) in [5.74, 6) is -0.00935. The summed E-state index contributed by atoms with van der Waals surface area (Å²) in [4.78, 5) is 15.4. The lowest BCUT2D eigenvalue weighted by Crippen LogP contribution is -2.41. The van der Waals surface area contributed by atoms with Crippen molar-refractivity contribution < 1.29 is 19.0 Å². The number of rotatable bonds is 4. The van der Waals surface area contributed by atoms with Crippen LogP contribution < -0.4 is 10.1 Å². The number of hydrogen-bond donors (Lipinski definition) is 1. The van der Waals surface area contributed by atoms with E-state index in [4.69, 9.17) is 9.47 Å². The van der Waals surface area contributed by atoms with Crippen molar-refractivity contribution in [3.63, 3.8) is 0 Å². The second kappa shape index (κ2) is 6.32. The minimum Gasteiger partial charge on any atom is -0.475 e. The first-order valence-electron chi connectivity index (χ1n) is 5.79. The van der Waals surface area contributed by atoms with Gasteiger partial charge in [0, 0.05) is 25.4 Å². The van der Waals surface area contributed by atoms with E-state index < -0.39 is 5.97 Å². The van der Waals surface area contributed by atoms with E-state index in [2.05, 4.69) is 15.0 Å². The molecule has 6 nitrogen and oxygen atoms in total. The number of carbonyl (C=O) groups excluding carboxylic acids is 1. The number of aromatic nitrogens is 1. The zero-order valence-corrected chi connectivity index (χ0v) is 10.2. The van der Waals surface area contributed by atoms with Crippen molar-refractivity contribution in [1.82, 2.24) is 10.3 Å².